The lowest BCUT2D eigenvalue weighted by molar-refractivity contribution is 0.102. The first kappa shape index (κ1) is 10.8. The van der Waals surface area contributed by atoms with Crippen molar-refractivity contribution in [3.05, 3.63) is 40.5 Å². The Hall–Kier alpha value is -1.69. The first-order valence-electron chi connectivity index (χ1n) is 4.58. The van der Waals surface area contributed by atoms with Gasteiger partial charge in [0.1, 0.15) is 0 Å². The van der Waals surface area contributed by atoms with Crippen molar-refractivity contribution in [3.63, 3.8) is 0 Å². The molecule has 1 N–H and O–H groups in total. The summed E-state index contributed by atoms with van der Waals surface area (Å²) in [5.41, 5.74) is 0.578. The Balaban J connectivity index is 2.11. The van der Waals surface area contributed by atoms with Crippen molar-refractivity contribution in [2.24, 2.45) is 7.05 Å². The summed E-state index contributed by atoms with van der Waals surface area (Å²) in [6.45, 7) is 0. The highest BCUT2D eigenvalue weighted by molar-refractivity contribution is 9.10. The number of nitrogens with zero attached hydrogens (tertiary/aromatic N) is 3. The summed E-state index contributed by atoms with van der Waals surface area (Å²) in [5, 5.41) is 10.1. The molecule has 0 saturated carbocycles. The zero-order valence-electron chi connectivity index (χ0n) is 8.51. The number of amides is 1. The van der Waals surface area contributed by atoms with Gasteiger partial charge in [0.15, 0.2) is 5.82 Å². The zero-order chi connectivity index (χ0) is 11.5. The molecule has 16 heavy (non-hydrogen) atoms. The van der Waals surface area contributed by atoms with Crippen LogP contribution in [0.1, 0.15) is 10.4 Å². The molecule has 5 nitrogen and oxygen atoms in total. The average molecular weight is 281 g/mol. The maximum Gasteiger partial charge on any atom is 0.256 e. The molecule has 1 heterocycles. The van der Waals surface area contributed by atoms with E-state index < -0.39 is 0 Å². The smallest absolute Gasteiger partial charge is 0.256 e. The van der Waals surface area contributed by atoms with Crippen molar-refractivity contribution < 1.29 is 4.79 Å². The number of rotatable bonds is 2. The summed E-state index contributed by atoms with van der Waals surface area (Å²) in [6.07, 6.45) is 1.64. The van der Waals surface area contributed by atoms with Gasteiger partial charge in [-0.25, -0.2) is 0 Å². The highest BCUT2D eigenvalue weighted by Gasteiger charge is 2.07. The van der Waals surface area contributed by atoms with Crippen LogP contribution in [0.5, 0.6) is 0 Å². The Morgan fingerprint density at radius 1 is 1.38 bits per heavy atom. The Morgan fingerprint density at radius 2 is 2.06 bits per heavy atom. The van der Waals surface area contributed by atoms with Crippen molar-refractivity contribution >= 4 is 27.7 Å². The monoisotopic (exact) mass is 280 g/mol. The lowest BCUT2D eigenvalue weighted by Crippen LogP contribution is -2.11. The van der Waals surface area contributed by atoms with Crippen molar-refractivity contribution in [1.29, 1.82) is 0 Å². The van der Waals surface area contributed by atoms with Crippen molar-refractivity contribution in [2.45, 2.75) is 0 Å². The molecule has 1 aromatic heterocycles. The van der Waals surface area contributed by atoms with Gasteiger partial charge in [-0.05, 0) is 24.3 Å². The van der Waals surface area contributed by atoms with Gasteiger partial charge in [0.2, 0.25) is 0 Å². The molecule has 0 atom stereocenters. The van der Waals surface area contributed by atoms with E-state index in [0.717, 1.165) is 4.47 Å². The molecule has 1 amide bonds. The average Bonchev–Trinajstić information content (AvgIpc) is 2.65. The zero-order valence-corrected chi connectivity index (χ0v) is 10.1. The van der Waals surface area contributed by atoms with Crippen LogP contribution in [-0.4, -0.2) is 20.9 Å². The third-order valence-corrected chi connectivity index (χ3v) is 2.48. The van der Waals surface area contributed by atoms with Gasteiger partial charge in [0.05, 0.1) is 6.20 Å². The molecule has 2 rings (SSSR count). The Bertz CT molecular complexity index is 506. The molecule has 0 aliphatic heterocycles. The van der Waals surface area contributed by atoms with Gasteiger partial charge < -0.3 is 5.32 Å². The van der Waals surface area contributed by atoms with Crippen LogP contribution >= 0.6 is 15.9 Å². The molecule has 0 aliphatic carbocycles. The van der Waals surface area contributed by atoms with Gasteiger partial charge in [-0.1, -0.05) is 21.1 Å². The predicted octanol–water partition coefficient (Wildman–Crippen LogP) is 1.83. The minimum absolute atomic E-state index is 0.201. The van der Waals surface area contributed by atoms with E-state index >= 15 is 0 Å². The number of anilines is 1. The van der Waals surface area contributed by atoms with Crippen LogP contribution in [0.15, 0.2) is 34.9 Å². The molecule has 1 aromatic carbocycles. The van der Waals surface area contributed by atoms with E-state index in [9.17, 15) is 4.79 Å². The molecule has 2 aromatic rings. The number of hydrogen-bond donors (Lipinski definition) is 1. The molecular formula is C10H9BrN4O. The van der Waals surface area contributed by atoms with Crippen LogP contribution in [0.25, 0.3) is 0 Å². The summed E-state index contributed by atoms with van der Waals surface area (Å²) in [4.78, 5) is 11.7. The lowest BCUT2D eigenvalue weighted by atomic mass is 10.2. The van der Waals surface area contributed by atoms with Crippen LogP contribution < -0.4 is 5.32 Å². The fraction of sp³-hybridized carbons (Fsp3) is 0.100. The Labute approximate surface area is 101 Å². The summed E-state index contributed by atoms with van der Waals surface area (Å²) < 4.78 is 2.46. The Morgan fingerprint density at radius 3 is 2.62 bits per heavy atom. The summed E-state index contributed by atoms with van der Waals surface area (Å²) in [6, 6.07) is 7.09. The van der Waals surface area contributed by atoms with Crippen LogP contribution in [-0.2, 0) is 7.05 Å². The summed E-state index contributed by atoms with van der Waals surface area (Å²) in [5.74, 6) is 0.239. The van der Waals surface area contributed by atoms with E-state index in [0.29, 0.717) is 11.4 Å². The van der Waals surface area contributed by atoms with E-state index in [4.69, 9.17) is 0 Å². The minimum atomic E-state index is -0.201. The van der Waals surface area contributed by atoms with Crippen LogP contribution in [0.3, 0.4) is 0 Å². The number of halogens is 1. The number of hydrogen-bond acceptors (Lipinski definition) is 3. The number of carbonyl (C=O) groups excluding carboxylic acids is 1. The summed E-state index contributed by atoms with van der Waals surface area (Å²) >= 11 is 3.31. The third-order valence-electron chi connectivity index (χ3n) is 1.95. The van der Waals surface area contributed by atoms with Crippen LogP contribution in [0.2, 0.25) is 0 Å². The van der Waals surface area contributed by atoms with E-state index in [-0.39, 0.29) is 5.91 Å². The molecule has 0 radical (unpaired) electrons. The minimum Gasteiger partial charge on any atom is -0.304 e. The standard InChI is InChI=1S/C10H9BrN4O/c1-15-6-9(13-14-15)12-10(16)7-2-4-8(11)5-3-7/h2-6H,1H3,(H,12,16). The number of aryl methyl sites for hydroxylation is 1. The van der Waals surface area contributed by atoms with Gasteiger partial charge in [-0.2, -0.15) is 0 Å². The molecule has 6 heteroatoms. The van der Waals surface area contributed by atoms with E-state index in [2.05, 4.69) is 31.6 Å². The second-order valence-electron chi connectivity index (χ2n) is 3.24. The fourth-order valence-corrected chi connectivity index (χ4v) is 1.46. The van der Waals surface area contributed by atoms with Gasteiger partial charge in [-0.15, -0.1) is 5.10 Å². The normalized spacial score (nSPS) is 10.1. The first-order valence-corrected chi connectivity index (χ1v) is 5.38. The number of nitrogens with one attached hydrogen (secondary N) is 1. The quantitative estimate of drug-likeness (QED) is 0.913. The van der Waals surface area contributed by atoms with Crippen LogP contribution in [0, 0.1) is 0 Å². The highest BCUT2D eigenvalue weighted by atomic mass is 79.9. The summed E-state index contributed by atoms with van der Waals surface area (Å²) in [7, 11) is 1.74. The predicted molar refractivity (Wildman–Crippen MR) is 63.1 cm³/mol. The molecular weight excluding hydrogens is 272 g/mol. The van der Waals surface area contributed by atoms with Gasteiger partial charge in [0, 0.05) is 17.1 Å². The highest BCUT2D eigenvalue weighted by Crippen LogP contribution is 2.11. The molecule has 0 unspecified atom stereocenters. The number of benzene rings is 1. The maximum atomic E-state index is 11.7. The topological polar surface area (TPSA) is 59.8 Å². The Kier molecular flexibility index (Phi) is 3.00. The van der Waals surface area contributed by atoms with E-state index in [1.165, 1.54) is 4.68 Å². The van der Waals surface area contributed by atoms with Gasteiger partial charge in [-0.3, -0.25) is 9.48 Å². The molecule has 0 bridgehead atoms. The van der Waals surface area contributed by atoms with E-state index in [1.54, 1.807) is 25.4 Å². The molecule has 0 spiro atoms. The second kappa shape index (κ2) is 4.44. The maximum absolute atomic E-state index is 11.7. The van der Waals surface area contributed by atoms with Crippen molar-refractivity contribution in [3.8, 4) is 0 Å². The SMILES string of the molecule is Cn1cc(NC(=O)c2ccc(Br)cc2)nn1. The largest absolute Gasteiger partial charge is 0.304 e. The molecule has 0 saturated heterocycles. The fourth-order valence-electron chi connectivity index (χ4n) is 1.19. The van der Waals surface area contributed by atoms with Crippen molar-refractivity contribution in [1.82, 2.24) is 15.0 Å². The molecule has 0 aliphatic rings. The van der Waals surface area contributed by atoms with E-state index in [1.807, 2.05) is 12.1 Å². The lowest BCUT2D eigenvalue weighted by Gasteiger charge is -2.00. The van der Waals surface area contributed by atoms with Gasteiger partial charge >= 0.3 is 0 Å². The number of aromatic nitrogens is 3. The van der Waals surface area contributed by atoms with Crippen LogP contribution in [0.4, 0.5) is 5.82 Å². The third kappa shape index (κ3) is 2.46. The molecule has 82 valence electrons. The van der Waals surface area contributed by atoms with Gasteiger partial charge in [0.25, 0.3) is 5.91 Å². The van der Waals surface area contributed by atoms with Crippen molar-refractivity contribution in [2.75, 3.05) is 5.32 Å². The second-order valence-corrected chi connectivity index (χ2v) is 4.15. The molecule has 0 fully saturated rings. The first-order chi connectivity index (χ1) is 7.65. The number of carbonyl (C=O) groups is 1.